The first-order valence-electron chi connectivity index (χ1n) is 8.15. The number of sulfone groups is 1. The molecule has 1 aliphatic rings. The third-order valence-corrected chi connectivity index (χ3v) is 5.76. The summed E-state index contributed by atoms with van der Waals surface area (Å²) in [6.07, 6.45) is 0.423. The maximum absolute atomic E-state index is 12.2. The number of amides is 1. The monoisotopic (exact) mass is 369 g/mol. The number of nitrogens with zero attached hydrogens (tertiary/aromatic N) is 1. The maximum Gasteiger partial charge on any atom is 0.344 e. The molecule has 1 aromatic rings. The average Bonchev–Trinajstić information content (AvgIpc) is 2.91. The number of hydrogen-bond acceptors (Lipinski definition) is 6. The summed E-state index contributed by atoms with van der Waals surface area (Å²) >= 11 is 0. The van der Waals surface area contributed by atoms with Crippen molar-refractivity contribution in [3.8, 4) is 5.75 Å². The minimum Gasteiger partial charge on any atom is -0.482 e. The highest BCUT2D eigenvalue weighted by Crippen LogP contribution is 2.18. The van der Waals surface area contributed by atoms with Crippen molar-refractivity contribution < 1.29 is 27.5 Å². The Morgan fingerprint density at radius 3 is 2.64 bits per heavy atom. The summed E-state index contributed by atoms with van der Waals surface area (Å²) in [5.74, 6) is -0.434. The fraction of sp³-hybridized carbons (Fsp3) is 0.529. The smallest absolute Gasteiger partial charge is 0.344 e. The van der Waals surface area contributed by atoms with Crippen LogP contribution in [0.4, 0.5) is 0 Å². The lowest BCUT2D eigenvalue weighted by Crippen LogP contribution is -2.43. The minimum absolute atomic E-state index is 0.0308. The van der Waals surface area contributed by atoms with Gasteiger partial charge in [0.1, 0.15) is 5.75 Å². The average molecular weight is 369 g/mol. The van der Waals surface area contributed by atoms with Gasteiger partial charge in [-0.15, -0.1) is 0 Å². The van der Waals surface area contributed by atoms with E-state index in [-0.39, 0.29) is 24.2 Å². The number of benzene rings is 1. The Kier molecular flexibility index (Phi) is 6.41. The number of carbonyl (C=O) groups is 2. The summed E-state index contributed by atoms with van der Waals surface area (Å²) in [6.45, 7) is 3.34. The van der Waals surface area contributed by atoms with Crippen molar-refractivity contribution in [2.75, 3.05) is 31.3 Å². The second-order valence-electron chi connectivity index (χ2n) is 6.00. The molecule has 0 spiro atoms. The minimum atomic E-state index is -3.08. The van der Waals surface area contributed by atoms with Gasteiger partial charge < -0.3 is 14.4 Å². The molecule has 1 heterocycles. The Bertz CT molecular complexity index is 730. The largest absolute Gasteiger partial charge is 0.482 e. The molecule has 0 bridgehead atoms. The van der Waals surface area contributed by atoms with Crippen LogP contribution in [-0.2, 0) is 24.2 Å². The molecule has 8 heteroatoms. The first-order valence-corrected chi connectivity index (χ1v) is 9.98. The van der Waals surface area contributed by atoms with Gasteiger partial charge in [0, 0.05) is 12.6 Å². The first kappa shape index (κ1) is 19.2. The Morgan fingerprint density at radius 2 is 2.04 bits per heavy atom. The van der Waals surface area contributed by atoms with E-state index in [1.165, 1.54) is 4.90 Å². The number of rotatable bonds is 7. The van der Waals surface area contributed by atoms with E-state index in [0.29, 0.717) is 18.7 Å². The van der Waals surface area contributed by atoms with Crippen molar-refractivity contribution in [2.24, 2.45) is 0 Å². The number of hydrogen-bond donors (Lipinski definition) is 0. The number of esters is 1. The molecule has 1 atom stereocenters. The molecule has 1 saturated heterocycles. The van der Waals surface area contributed by atoms with E-state index in [2.05, 4.69) is 0 Å². The molecule has 7 nitrogen and oxygen atoms in total. The van der Waals surface area contributed by atoms with Gasteiger partial charge in [0.05, 0.1) is 11.5 Å². The van der Waals surface area contributed by atoms with Gasteiger partial charge in [-0.05, 0) is 38.0 Å². The van der Waals surface area contributed by atoms with E-state index in [4.69, 9.17) is 9.47 Å². The molecular formula is C17H23NO6S. The SMILES string of the molecule is CCN(C(=O)COC(=O)COc1cccc(C)c1)C1CCS(=O)(=O)C1. The number of aryl methyl sites for hydroxylation is 1. The molecule has 138 valence electrons. The molecular weight excluding hydrogens is 346 g/mol. The van der Waals surface area contributed by atoms with E-state index in [9.17, 15) is 18.0 Å². The quantitative estimate of drug-likeness (QED) is 0.665. The van der Waals surface area contributed by atoms with Crippen LogP contribution < -0.4 is 4.74 Å². The molecule has 0 aliphatic carbocycles. The lowest BCUT2D eigenvalue weighted by molar-refractivity contribution is -0.154. The molecule has 2 rings (SSSR count). The highest BCUT2D eigenvalue weighted by atomic mass is 32.2. The van der Waals surface area contributed by atoms with Crippen LogP contribution >= 0.6 is 0 Å². The van der Waals surface area contributed by atoms with Crippen LogP contribution in [0, 0.1) is 6.92 Å². The van der Waals surface area contributed by atoms with Crippen LogP contribution in [0.2, 0.25) is 0 Å². The predicted octanol–water partition coefficient (Wildman–Crippen LogP) is 0.953. The Morgan fingerprint density at radius 1 is 1.28 bits per heavy atom. The Hall–Kier alpha value is -2.09. The van der Waals surface area contributed by atoms with Gasteiger partial charge in [0.2, 0.25) is 0 Å². The summed E-state index contributed by atoms with van der Waals surface area (Å²) in [5.41, 5.74) is 1.01. The van der Waals surface area contributed by atoms with E-state index < -0.39 is 28.3 Å². The number of ether oxygens (including phenoxy) is 2. The van der Waals surface area contributed by atoms with E-state index in [1.54, 1.807) is 19.1 Å². The molecule has 0 radical (unpaired) electrons. The van der Waals surface area contributed by atoms with E-state index in [1.807, 2.05) is 19.1 Å². The lowest BCUT2D eigenvalue weighted by Gasteiger charge is -2.26. The van der Waals surface area contributed by atoms with Gasteiger partial charge in [-0.2, -0.15) is 0 Å². The van der Waals surface area contributed by atoms with Crippen LogP contribution in [0.25, 0.3) is 0 Å². The van der Waals surface area contributed by atoms with Crippen LogP contribution in [0.3, 0.4) is 0 Å². The topological polar surface area (TPSA) is 90.0 Å². The molecule has 0 saturated carbocycles. The molecule has 1 aliphatic heterocycles. The van der Waals surface area contributed by atoms with Gasteiger partial charge in [0.25, 0.3) is 5.91 Å². The lowest BCUT2D eigenvalue weighted by atomic mass is 10.2. The summed E-state index contributed by atoms with van der Waals surface area (Å²) < 4.78 is 33.4. The van der Waals surface area contributed by atoms with E-state index in [0.717, 1.165) is 5.56 Å². The van der Waals surface area contributed by atoms with Gasteiger partial charge in [-0.3, -0.25) is 4.79 Å². The highest BCUT2D eigenvalue weighted by Gasteiger charge is 2.34. The van der Waals surface area contributed by atoms with Crippen LogP contribution in [-0.4, -0.2) is 62.5 Å². The summed E-state index contributed by atoms with van der Waals surface area (Å²) in [4.78, 5) is 25.4. The normalized spacial score (nSPS) is 18.6. The van der Waals surface area contributed by atoms with Gasteiger partial charge >= 0.3 is 5.97 Å². The fourth-order valence-electron chi connectivity index (χ4n) is 2.77. The standard InChI is InChI=1S/C17H23NO6S/c1-3-18(14-7-8-25(21,22)12-14)16(19)10-24-17(20)11-23-15-6-4-5-13(2)9-15/h4-6,9,14H,3,7-8,10-12H2,1-2H3. The third-order valence-electron chi connectivity index (χ3n) is 4.01. The molecule has 1 fully saturated rings. The van der Waals surface area contributed by atoms with Crippen LogP contribution in [0.5, 0.6) is 5.75 Å². The zero-order chi connectivity index (χ0) is 18.4. The third kappa shape index (κ3) is 5.74. The fourth-order valence-corrected chi connectivity index (χ4v) is 4.50. The van der Waals surface area contributed by atoms with Crippen molar-refractivity contribution in [3.63, 3.8) is 0 Å². The molecule has 0 aromatic heterocycles. The van der Waals surface area contributed by atoms with Crippen LogP contribution in [0.15, 0.2) is 24.3 Å². The van der Waals surface area contributed by atoms with Crippen molar-refractivity contribution >= 4 is 21.7 Å². The maximum atomic E-state index is 12.2. The van der Waals surface area contributed by atoms with Gasteiger partial charge in [-0.25, -0.2) is 13.2 Å². The summed E-state index contributed by atoms with van der Waals surface area (Å²) in [7, 11) is -3.08. The van der Waals surface area contributed by atoms with Crippen molar-refractivity contribution in [1.29, 1.82) is 0 Å². The van der Waals surface area contributed by atoms with Crippen molar-refractivity contribution in [1.82, 2.24) is 4.90 Å². The number of carbonyl (C=O) groups excluding carboxylic acids is 2. The van der Waals surface area contributed by atoms with Gasteiger partial charge in [-0.1, -0.05) is 12.1 Å². The zero-order valence-electron chi connectivity index (χ0n) is 14.4. The molecule has 1 amide bonds. The highest BCUT2D eigenvalue weighted by molar-refractivity contribution is 7.91. The summed E-state index contributed by atoms with van der Waals surface area (Å²) in [6, 6.07) is 6.90. The van der Waals surface area contributed by atoms with Crippen molar-refractivity contribution in [2.45, 2.75) is 26.3 Å². The first-order chi connectivity index (χ1) is 11.8. The second-order valence-corrected chi connectivity index (χ2v) is 8.23. The van der Waals surface area contributed by atoms with Crippen molar-refractivity contribution in [3.05, 3.63) is 29.8 Å². The molecule has 1 unspecified atom stereocenters. The summed E-state index contributed by atoms with van der Waals surface area (Å²) in [5, 5.41) is 0. The Balaban J connectivity index is 1.79. The predicted molar refractivity (Wildman–Crippen MR) is 92.1 cm³/mol. The molecule has 1 aromatic carbocycles. The second kappa shape index (κ2) is 8.33. The van der Waals surface area contributed by atoms with E-state index >= 15 is 0 Å². The van der Waals surface area contributed by atoms with Crippen LogP contribution in [0.1, 0.15) is 18.9 Å². The zero-order valence-corrected chi connectivity index (χ0v) is 15.3. The van der Waals surface area contributed by atoms with Gasteiger partial charge in [0.15, 0.2) is 23.1 Å². The molecule has 0 N–H and O–H groups in total. The molecule has 25 heavy (non-hydrogen) atoms. The Labute approximate surface area is 147 Å². The number of likely N-dealkylation sites (N-methyl/N-ethyl adjacent to an activating group) is 1.